The molecule has 0 amide bonds. The maximum Gasteiger partial charge on any atom is 0.414 e. The Labute approximate surface area is 150 Å². The van der Waals surface area contributed by atoms with Gasteiger partial charge in [0.15, 0.2) is 0 Å². The molecule has 4 bridgehead atoms. The van der Waals surface area contributed by atoms with Gasteiger partial charge >= 0.3 is 12.4 Å². The predicted octanol–water partition coefficient (Wildman–Crippen LogP) is 5.40. The van der Waals surface area contributed by atoms with E-state index in [1.54, 1.807) is 0 Å². The average Bonchev–Trinajstić information content (AvgIpc) is 3.26. The molecule has 0 aromatic heterocycles. The Balaban J connectivity index is 1.60. The van der Waals surface area contributed by atoms with Crippen LogP contribution >= 0.6 is 12.0 Å². The van der Waals surface area contributed by atoms with Crippen molar-refractivity contribution in [2.24, 2.45) is 41.4 Å². The summed E-state index contributed by atoms with van der Waals surface area (Å²) < 4.78 is 80.8. The van der Waals surface area contributed by atoms with E-state index in [-0.39, 0.29) is 17.8 Å². The quantitative estimate of drug-likeness (QED) is 0.166. The fourth-order valence-electron chi connectivity index (χ4n) is 6.35. The zero-order valence-corrected chi connectivity index (χ0v) is 14.3. The molecule has 0 aromatic rings. The molecular formula is C16H18F6O3S. The smallest absolute Gasteiger partial charge is 0.220 e. The molecule has 4 rings (SSSR count). The Bertz CT molecular complexity index is 578. The fraction of sp³-hybridized carbons (Fsp3) is 0.875. The van der Waals surface area contributed by atoms with Gasteiger partial charge in [-0.15, -0.1) is 4.33 Å². The van der Waals surface area contributed by atoms with Gasteiger partial charge in [0.25, 0.3) is 0 Å². The van der Waals surface area contributed by atoms with E-state index in [0.29, 0.717) is 30.6 Å². The molecule has 7 unspecified atom stereocenters. The van der Waals surface area contributed by atoms with Gasteiger partial charge in [0, 0.05) is 0 Å². The largest absolute Gasteiger partial charge is 0.414 e. The van der Waals surface area contributed by atoms with Gasteiger partial charge in [-0.05, 0) is 67.1 Å². The van der Waals surface area contributed by atoms with E-state index < -0.39 is 41.5 Å². The molecule has 7 atom stereocenters. The van der Waals surface area contributed by atoms with Crippen LogP contribution in [0.25, 0.3) is 0 Å². The number of halogens is 6. The van der Waals surface area contributed by atoms with Gasteiger partial charge in [-0.1, -0.05) is 17.2 Å². The maximum absolute atomic E-state index is 13.5. The van der Waals surface area contributed by atoms with Gasteiger partial charge in [-0.25, -0.2) is 5.26 Å². The molecule has 4 aliphatic rings. The van der Waals surface area contributed by atoms with Crippen LogP contribution in [0, 0.1) is 41.4 Å². The van der Waals surface area contributed by atoms with Crippen LogP contribution in [0.2, 0.25) is 0 Å². The molecule has 3 nitrogen and oxygen atoms in total. The van der Waals surface area contributed by atoms with E-state index >= 15 is 0 Å². The van der Waals surface area contributed by atoms with Crippen molar-refractivity contribution in [3.05, 3.63) is 12.2 Å². The van der Waals surface area contributed by atoms with Crippen LogP contribution in [0.1, 0.15) is 25.7 Å². The van der Waals surface area contributed by atoms with Crippen LogP contribution in [0.4, 0.5) is 26.3 Å². The van der Waals surface area contributed by atoms with Gasteiger partial charge in [0.1, 0.15) is 0 Å². The van der Waals surface area contributed by atoms with Gasteiger partial charge < -0.3 is 0 Å². The Hall–Kier alpha value is -0.450. The van der Waals surface area contributed by atoms with E-state index in [2.05, 4.69) is 21.5 Å². The molecule has 0 aromatic carbocycles. The van der Waals surface area contributed by atoms with Crippen molar-refractivity contribution < 1.29 is 41.0 Å². The zero-order valence-electron chi connectivity index (χ0n) is 13.5. The predicted molar refractivity (Wildman–Crippen MR) is 79.3 cm³/mol. The minimum absolute atomic E-state index is 0.121. The molecule has 0 saturated heterocycles. The fourth-order valence-corrected chi connectivity index (χ4v) is 6.97. The lowest BCUT2D eigenvalue weighted by molar-refractivity contribution is -0.434. The first-order chi connectivity index (χ1) is 12.1. The van der Waals surface area contributed by atoms with Crippen molar-refractivity contribution in [3.63, 3.8) is 0 Å². The molecule has 148 valence electrons. The Morgan fingerprint density at radius 1 is 0.923 bits per heavy atom. The summed E-state index contributed by atoms with van der Waals surface area (Å²) in [5.74, 6) is 0.760. The van der Waals surface area contributed by atoms with Crippen molar-refractivity contribution in [2.75, 3.05) is 0 Å². The van der Waals surface area contributed by atoms with Crippen LogP contribution in [-0.4, -0.2) is 22.4 Å². The Morgan fingerprint density at radius 2 is 1.54 bits per heavy atom. The molecule has 0 spiro atoms. The Morgan fingerprint density at radius 3 is 2.12 bits per heavy atom. The van der Waals surface area contributed by atoms with Gasteiger partial charge in [0.05, 0.1) is 12.0 Å². The summed E-state index contributed by atoms with van der Waals surface area (Å²) in [5, 5.41) is 11.2. The number of rotatable bonds is 5. The second-order valence-corrected chi connectivity index (χ2v) is 9.01. The van der Waals surface area contributed by atoms with Crippen molar-refractivity contribution in [3.8, 4) is 0 Å². The van der Waals surface area contributed by atoms with E-state index in [0.717, 1.165) is 6.42 Å². The first kappa shape index (κ1) is 18.9. The third-order valence-corrected chi connectivity index (χ3v) is 8.12. The summed E-state index contributed by atoms with van der Waals surface area (Å²) in [4.78, 5) is 0. The minimum Gasteiger partial charge on any atom is -0.220 e. The highest BCUT2D eigenvalue weighted by atomic mass is 32.2. The summed E-state index contributed by atoms with van der Waals surface area (Å²) in [5.41, 5.74) is 0. The second kappa shape index (κ2) is 6.02. The van der Waals surface area contributed by atoms with Crippen molar-refractivity contribution in [2.45, 2.75) is 42.8 Å². The molecular weight excluding hydrogens is 386 g/mol. The number of allylic oxidation sites excluding steroid dienone is 2. The third-order valence-electron chi connectivity index (χ3n) is 7.08. The van der Waals surface area contributed by atoms with E-state index in [9.17, 15) is 26.3 Å². The van der Waals surface area contributed by atoms with Gasteiger partial charge in [0.2, 0.25) is 4.75 Å². The number of alkyl halides is 6. The van der Waals surface area contributed by atoms with E-state index in [4.69, 9.17) is 5.26 Å². The average molecular weight is 404 g/mol. The zero-order chi connectivity index (χ0) is 18.9. The lowest BCUT2D eigenvalue weighted by Gasteiger charge is -2.42. The third kappa shape index (κ3) is 2.55. The number of hydrogen-bond donors (Lipinski definition) is 1. The highest BCUT2D eigenvalue weighted by molar-refractivity contribution is 7.96. The first-order valence-electron chi connectivity index (χ1n) is 8.57. The summed E-state index contributed by atoms with van der Waals surface area (Å²) in [6.45, 7) is 0. The molecule has 4 aliphatic carbocycles. The van der Waals surface area contributed by atoms with Crippen LogP contribution in [0.5, 0.6) is 0 Å². The number of fused-ring (bicyclic) bond motifs is 9. The lowest BCUT2D eigenvalue weighted by atomic mass is 9.67. The highest BCUT2D eigenvalue weighted by Crippen LogP contribution is 2.69. The first-order valence-corrected chi connectivity index (χ1v) is 9.31. The molecule has 0 heterocycles. The SMILES string of the molecule is OOOSC(CC1CC2CC1C1C3C=CC(C3)C21)(C(F)(F)F)C(F)(F)F. The highest BCUT2D eigenvalue weighted by Gasteiger charge is 2.74. The molecule has 10 heteroatoms. The topological polar surface area (TPSA) is 38.7 Å². The number of hydrogen-bond acceptors (Lipinski definition) is 4. The molecule has 1 N–H and O–H groups in total. The maximum atomic E-state index is 13.5. The summed E-state index contributed by atoms with van der Waals surface area (Å²) in [6, 6.07) is 0. The van der Waals surface area contributed by atoms with Crippen LogP contribution in [0.3, 0.4) is 0 Å². The second-order valence-electron chi connectivity index (χ2n) is 8.01. The standard InChI is InChI=1S/C16H18F6O3S/c17-15(18,19)14(16(20,21)22,26-25-24-23)6-10-4-9-5-11(10)13-8-2-1-7(3-8)12(9)13/h1-2,7-13,23H,3-6H2. The molecule has 3 fully saturated rings. The van der Waals surface area contributed by atoms with Crippen molar-refractivity contribution >= 4 is 12.0 Å². The van der Waals surface area contributed by atoms with Gasteiger partial charge in [-0.2, -0.15) is 26.3 Å². The van der Waals surface area contributed by atoms with Crippen molar-refractivity contribution in [1.82, 2.24) is 0 Å². The van der Waals surface area contributed by atoms with Crippen LogP contribution in [0.15, 0.2) is 12.2 Å². The van der Waals surface area contributed by atoms with E-state index in [1.807, 2.05) is 0 Å². The molecule has 26 heavy (non-hydrogen) atoms. The summed E-state index contributed by atoms with van der Waals surface area (Å²) in [6.07, 6.45) is -5.97. The van der Waals surface area contributed by atoms with Crippen molar-refractivity contribution in [1.29, 1.82) is 0 Å². The monoisotopic (exact) mass is 404 g/mol. The van der Waals surface area contributed by atoms with Crippen LogP contribution < -0.4 is 0 Å². The lowest BCUT2D eigenvalue weighted by Crippen LogP contribution is -2.56. The van der Waals surface area contributed by atoms with E-state index in [1.165, 1.54) is 0 Å². The summed E-state index contributed by atoms with van der Waals surface area (Å²) in [7, 11) is 0. The summed E-state index contributed by atoms with van der Waals surface area (Å²) >= 11 is -0.899. The van der Waals surface area contributed by atoms with Crippen LogP contribution in [-0.2, 0) is 9.37 Å². The molecule has 0 aliphatic heterocycles. The molecule has 3 saturated carbocycles. The van der Waals surface area contributed by atoms with Gasteiger partial charge in [-0.3, -0.25) is 0 Å². The Kier molecular flexibility index (Phi) is 4.38. The minimum atomic E-state index is -5.59. The molecule has 0 radical (unpaired) electrons. The normalized spacial score (nSPS) is 41.3.